The summed E-state index contributed by atoms with van der Waals surface area (Å²) in [6, 6.07) is 19.7. The van der Waals surface area contributed by atoms with Crippen molar-refractivity contribution in [3.63, 3.8) is 0 Å². The molecule has 0 spiro atoms. The lowest BCUT2D eigenvalue weighted by molar-refractivity contribution is 0.192. The number of piperazine rings is 1. The van der Waals surface area contributed by atoms with Gasteiger partial charge in [0.1, 0.15) is 0 Å². The maximum atomic E-state index is 12.0. The molecule has 1 N–H and O–H groups in total. The summed E-state index contributed by atoms with van der Waals surface area (Å²) in [4.78, 5) is 23.6. The fraction of sp³-hybridized carbons (Fsp3) is 0.385. The lowest BCUT2D eigenvalue weighted by Crippen LogP contribution is -2.52. The third kappa shape index (κ3) is 5.40. The molecule has 2 saturated heterocycles. The van der Waals surface area contributed by atoms with Gasteiger partial charge in [-0.15, -0.1) is 24.8 Å². The molecule has 3 heterocycles. The molecule has 0 aliphatic carbocycles. The van der Waals surface area contributed by atoms with E-state index in [0.717, 1.165) is 62.6 Å². The minimum atomic E-state index is 0. The molecule has 3 aromatic rings. The Morgan fingerprint density at radius 3 is 2.62 bits per heavy atom. The van der Waals surface area contributed by atoms with Gasteiger partial charge in [-0.2, -0.15) is 0 Å². The van der Waals surface area contributed by atoms with Gasteiger partial charge in [0, 0.05) is 67.8 Å². The predicted octanol–water partition coefficient (Wildman–Crippen LogP) is 4.67. The number of carbonyl (C=O) groups is 1. The normalized spacial score (nSPS) is 18.4. The number of anilines is 2. The van der Waals surface area contributed by atoms with Gasteiger partial charge < -0.3 is 10.2 Å². The average molecular weight is 502 g/mol. The van der Waals surface area contributed by atoms with Crippen LogP contribution < -0.4 is 15.1 Å². The number of aromatic nitrogens is 1. The van der Waals surface area contributed by atoms with Crippen LogP contribution in [0.25, 0.3) is 10.9 Å². The van der Waals surface area contributed by atoms with Gasteiger partial charge in [0.15, 0.2) is 0 Å². The number of pyridine rings is 1. The molecule has 34 heavy (non-hydrogen) atoms. The predicted molar refractivity (Wildman–Crippen MR) is 145 cm³/mol. The third-order valence-corrected chi connectivity index (χ3v) is 6.72. The molecule has 2 fully saturated rings. The van der Waals surface area contributed by atoms with Crippen LogP contribution in [-0.4, -0.2) is 61.2 Å². The van der Waals surface area contributed by atoms with E-state index in [1.807, 2.05) is 17.9 Å². The van der Waals surface area contributed by atoms with Crippen LogP contribution >= 0.6 is 24.8 Å². The van der Waals surface area contributed by atoms with Gasteiger partial charge in [-0.1, -0.05) is 18.2 Å². The van der Waals surface area contributed by atoms with Crippen molar-refractivity contribution in [2.75, 3.05) is 49.1 Å². The summed E-state index contributed by atoms with van der Waals surface area (Å²) in [7, 11) is 0. The summed E-state index contributed by atoms with van der Waals surface area (Å²) < 4.78 is 0. The Bertz CT molecular complexity index is 1140. The molecule has 2 aliphatic heterocycles. The smallest absolute Gasteiger partial charge is 0.321 e. The molecule has 0 bridgehead atoms. The Morgan fingerprint density at radius 1 is 1.03 bits per heavy atom. The Labute approximate surface area is 214 Å². The second-order valence-corrected chi connectivity index (χ2v) is 8.93. The number of hydrogen-bond acceptors (Lipinski definition) is 4. The lowest BCUT2D eigenvalue weighted by atomic mass is 10.1. The number of carbonyl (C=O) groups excluding carboxylic acids is 1. The number of benzene rings is 2. The standard InChI is InChI=1S/C26H31N5O.2ClH/c1-19-9-10-23-24(28-19)7-4-8-25(23)30-16-15-29(20(2)18-30)13-11-21-5-3-6-22(17-21)31-14-12-27-26(31)32;;/h3-10,17,20H,11-16,18H2,1-2H3,(H,27,32);2*1H/t20-;;/m0../s1. The number of halogens is 2. The number of fused-ring (bicyclic) bond motifs is 1. The molecule has 1 atom stereocenters. The fourth-order valence-corrected chi connectivity index (χ4v) is 4.93. The minimum absolute atomic E-state index is 0. The first-order chi connectivity index (χ1) is 15.6. The van der Waals surface area contributed by atoms with Crippen molar-refractivity contribution in [2.24, 2.45) is 0 Å². The molecule has 2 aromatic carbocycles. The molecule has 8 heteroatoms. The van der Waals surface area contributed by atoms with E-state index in [9.17, 15) is 4.79 Å². The number of hydrogen-bond donors (Lipinski definition) is 1. The van der Waals surface area contributed by atoms with Crippen LogP contribution in [0.15, 0.2) is 54.6 Å². The van der Waals surface area contributed by atoms with Gasteiger partial charge in [0.05, 0.1) is 5.52 Å². The zero-order valence-electron chi connectivity index (χ0n) is 19.7. The van der Waals surface area contributed by atoms with Gasteiger partial charge in [-0.05, 0) is 62.2 Å². The van der Waals surface area contributed by atoms with E-state index in [-0.39, 0.29) is 30.8 Å². The van der Waals surface area contributed by atoms with E-state index in [4.69, 9.17) is 4.98 Å². The van der Waals surface area contributed by atoms with E-state index < -0.39 is 0 Å². The largest absolute Gasteiger partial charge is 0.368 e. The Hall–Kier alpha value is -2.54. The van der Waals surface area contributed by atoms with E-state index in [2.05, 4.69) is 70.6 Å². The van der Waals surface area contributed by atoms with E-state index >= 15 is 0 Å². The minimum Gasteiger partial charge on any atom is -0.368 e. The number of urea groups is 1. The van der Waals surface area contributed by atoms with Crippen molar-refractivity contribution in [2.45, 2.75) is 26.3 Å². The van der Waals surface area contributed by atoms with Gasteiger partial charge in [0.2, 0.25) is 0 Å². The molecular formula is C26H33Cl2N5O. The number of aryl methyl sites for hydroxylation is 1. The molecule has 2 aliphatic rings. The van der Waals surface area contributed by atoms with Crippen molar-refractivity contribution < 1.29 is 4.79 Å². The second kappa shape index (κ2) is 11.3. The summed E-state index contributed by atoms with van der Waals surface area (Å²) in [6.45, 7) is 9.94. The monoisotopic (exact) mass is 501 g/mol. The number of nitrogens with zero attached hydrogens (tertiary/aromatic N) is 4. The van der Waals surface area contributed by atoms with Gasteiger partial charge >= 0.3 is 6.03 Å². The molecule has 0 unspecified atom stereocenters. The molecule has 5 rings (SSSR count). The zero-order chi connectivity index (χ0) is 22.1. The van der Waals surface area contributed by atoms with Crippen molar-refractivity contribution in [3.8, 4) is 0 Å². The van der Waals surface area contributed by atoms with Crippen molar-refractivity contribution in [1.82, 2.24) is 15.2 Å². The van der Waals surface area contributed by atoms with Gasteiger partial charge in [-0.25, -0.2) is 4.79 Å². The van der Waals surface area contributed by atoms with E-state index in [0.29, 0.717) is 6.04 Å². The highest BCUT2D eigenvalue weighted by molar-refractivity contribution is 5.94. The first kappa shape index (κ1) is 26.1. The Balaban J connectivity index is 0.00000162. The molecule has 6 nitrogen and oxygen atoms in total. The maximum Gasteiger partial charge on any atom is 0.321 e. The van der Waals surface area contributed by atoms with E-state index in [1.165, 1.54) is 16.6 Å². The summed E-state index contributed by atoms with van der Waals surface area (Å²) in [6.07, 6.45) is 0.991. The first-order valence-electron chi connectivity index (χ1n) is 11.6. The molecule has 2 amide bonds. The van der Waals surface area contributed by atoms with E-state index in [1.54, 1.807) is 0 Å². The zero-order valence-corrected chi connectivity index (χ0v) is 21.4. The Morgan fingerprint density at radius 2 is 1.85 bits per heavy atom. The number of amides is 2. The van der Waals surface area contributed by atoms with Crippen molar-refractivity contribution in [1.29, 1.82) is 0 Å². The highest BCUT2D eigenvalue weighted by atomic mass is 35.5. The van der Waals surface area contributed by atoms with Crippen LogP contribution in [0.2, 0.25) is 0 Å². The molecule has 0 saturated carbocycles. The first-order valence-corrected chi connectivity index (χ1v) is 11.6. The quantitative estimate of drug-likeness (QED) is 0.551. The summed E-state index contributed by atoms with van der Waals surface area (Å²) in [5.74, 6) is 0. The van der Waals surface area contributed by atoms with Gasteiger partial charge in [0.25, 0.3) is 0 Å². The van der Waals surface area contributed by atoms with Gasteiger partial charge in [-0.3, -0.25) is 14.8 Å². The number of nitrogens with one attached hydrogen (secondary N) is 1. The van der Waals surface area contributed by atoms with Crippen LogP contribution in [0.1, 0.15) is 18.2 Å². The topological polar surface area (TPSA) is 51.7 Å². The summed E-state index contributed by atoms with van der Waals surface area (Å²) in [5, 5.41) is 4.12. The maximum absolute atomic E-state index is 12.0. The second-order valence-electron chi connectivity index (χ2n) is 8.93. The van der Waals surface area contributed by atoms with Crippen LogP contribution in [0.5, 0.6) is 0 Å². The van der Waals surface area contributed by atoms with Crippen molar-refractivity contribution in [3.05, 3.63) is 65.9 Å². The molecule has 1 aromatic heterocycles. The molecule has 182 valence electrons. The highest BCUT2D eigenvalue weighted by Gasteiger charge is 2.25. The Kier molecular flexibility index (Phi) is 8.63. The molecular weight excluding hydrogens is 469 g/mol. The third-order valence-electron chi connectivity index (χ3n) is 6.72. The lowest BCUT2D eigenvalue weighted by Gasteiger charge is -2.41. The number of rotatable bonds is 5. The summed E-state index contributed by atoms with van der Waals surface area (Å²) in [5.41, 5.74) is 5.70. The van der Waals surface area contributed by atoms with Crippen LogP contribution in [0.4, 0.5) is 16.2 Å². The van der Waals surface area contributed by atoms with Crippen molar-refractivity contribution >= 4 is 53.1 Å². The van der Waals surface area contributed by atoms with Crippen LogP contribution in [0.3, 0.4) is 0 Å². The van der Waals surface area contributed by atoms with Crippen LogP contribution in [-0.2, 0) is 6.42 Å². The highest BCUT2D eigenvalue weighted by Crippen LogP contribution is 2.28. The average Bonchev–Trinajstić information content (AvgIpc) is 3.23. The summed E-state index contributed by atoms with van der Waals surface area (Å²) >= 11 is 0. The fourth-order valence-electron chi connectivity index (χ4n) is 4.93. The van der Waals surface area contributed by atoms with Crippen LogP contribution in [0, 0.1) is 6.92 Å². The molecule has 0 radical (unpaired) electrons. The SMILES string of the molecule is Cc1ccc2c(N3CCN(CCc4cccc(N5CCNC5=O)c4)[C@@H](C)C3)cccc2n1.Cl.Cl.